The summed E-state index contributed by atoms with van der Waals surface area (Å²) in [5.41, 5.74) is -0.838. The zero-order valence-corrected chi connectivity index (χ0v) is 10.5. The van der Waals surface area contributed by atoms with Crippen molar-refractivity contribution in [2.75, 3.05) is 19.8 Å². The van der Waals surface area contributed by atoms with Crippen molar-refractivity contribution in [2.45, 2.75) is 33.1 Å². The highest BCUT2D eigenvalue weighted by Crippen LogP contribution is 2.26. The first-order valence-electron chi connectivity index (χ1n) is 6.14. The predicted molar refractivity (Wildman–Crippen MR) is 62.6 cm³/mol. The lowest BCUT2D eigenvalue weighted by atomic mass is 9.82. The first-order valence-corrected chi connectivity index (χ1v) is 6.14. The number of amides is 1. The molecule has 0 aromatic carbocycles. The van der Waals surface area contributed by atoms with Crippen LogP contribution in [0.15, 0.2) is 0 Å². The molecule has 98 valence electrons. The van der Waals surface area contributed by atoms with Crippen molar-refractivity contribution in [1.82, 2.24) is 5.32 Å². The molecule has 1 rings (SSSR count). The van der Waals surface area contributed by atoms with Crippen molar-refractivity contribution in [3.05, 3.63) is 0 Å². The van der Waals surface area contributed by atoms with Gasteiger partial charge in [-0.2, -0.15) is 0 Å². The summed E-state index contributed by atoms with van der Waals surface area (Å²) in [5.74, 6) is -1.05. The van der Waals surface area contributed by atoms with Crippen molar-refractivity contribution in [1.29, 1.82) is 0 Å². The maximum absolute atomic E-state index is 11.8. The summed E-state index contributed by atoms with van der Waals surface area (Å²) in [6, 6.07) is 0. The second-order valence-corrected chi connectivity index (χ2v) is 4.57. The van der Waals surface area contributed by atoms with Crippen LogP contribution in [0.25, 0.3) is 0 Å². The van der Waals surface area contributed by atoms with Crippen LogP contribution in [0.4, 0.5) is 0 Å². The Morgan fingerprint density at radius 3 is 2.47 bits per heavy atom. The average Bonchev–Trinajstić information content (AvgIpc) is 2.84. The number of rotatable bonds is 6. The van der Waals surface area contributed by atoms with Gasteiger partial charge < -0.3 is 15.2 Å². The molecule has 5 heteroatoms. The summed E-state index contributed by atoms with van der Waals surface area (Å²) >= 11 is 0. The number of carboxylic acid groups (broad SMARTS) is 1. The van der Waals surface area contributed by atoms with Gasteiger partial charge in [-0.3, -0.25) is 9.59 Å². The maximum atomic E-state index is 11.8. The molecule has 1 unspecified atom stereocenters. The van der Waals surface area contributed by atoms with Crippen molar-refractivity contribution < 1.29 is 19.4 Å². The Morgan fingerprint density at radius 1 is 1.41 bits per heavy atom. The van der Waals surface area contributed by atoms with Gasteiger partial charge in [0.2, 0.25) is 5.91 Å². The summed E-state index contributed by atoms with van der Waals surface area (Å²) < 4.78 is 5.13. The van der Waals surface area contributed by atoms with E-state index in [2.05, 4.69) is 5.32 Å². The first-order chi connectivity index (χ1) is 8.05. The number of aliphatic carboxylic acids is 1. The number of ether oxygens (including phenoxy) is 1. The highest BCUT2D eigenvalue weighted by molar-refractivity contribution is 5.81. The Morgan fingerprint density at radius 2 is 2.06 bits per heavy atom. The third-order valence-corrected chi connectivity index (χ3v) is 3.71. The van der Waals surface area contributed by atoms with E-state index in [1.165, 1.54) is 0 Å². The zero-order valence-electron chi connectivity index (χ0n) is 10.5. The van der Waals surface area contributed by atoms with E-state index in [1.54, 1.807) is 0 Å². The van der Waals surface area contributed by atoms with Crippen LogP contribution in [0.1, 0.15) is 33.1 Å². The Balaban J connectivity index is 2.51. The van der Waals surface area contributed by atoms with Crippen molar-refractivity contribution >= 4 is 11.9 Å². The van der Waals surface area contributed by atoms with Crippen LogP contribution in [0.3, 0.4) is 0 Å². The SMILES string of the molecule is CCC(CC)(CNC(=O)C1CCOC1)C(=O)O. The second-order valence-electron chi connectivity index (χ2n) is 4.57. The molecule has 1 atom stereocenters. The highest BCUT2D eigenvalue weighted by Gasteiger charge is 2.36. The molecule has 0 spiro atoms. The van der Waals surface area contributed by atoms with Crippen LogP contribution in [0.5, 0.6) is 0 Å². The summed E-state index contributed by atoms with van der Waals surface area (Å²) in [6.07, 6.45) is 1.75. The number of hydrogen-bond donors (Lipinski definition) is 2. The second kappa shape index (κ2) is 6.00. The summed E-state index contributed by atoms with van der Waals surface area (Å²) in [5, 5.41) is 12.0. The van der Waals surface area contributed by atoms with Crippen LogP contribution in [-0.4, -0.2) is 36.7 Å². The molecule has 0 bridgehead atoms. The predicted octanol–water partition coefficient (Wildman–Crippen LogP) is 1.03. The molecule has 5 nitrogen and oxygen atoms in total. The van der Waals surface area contributed by atoms with E-state index < -0.39 is 11.4 Å². The Labute approximate surface area is 102 Å². The molecule has 0 aromatic rings. The standard InChI is InChI=1S/C12H21NO4/c1-3-12(4-2,11(15)16)8-13-10(14)9-5-6-17-7-9/h9H,3-8H2,1-2H3,(H,13,14)(H,15,16). The lowest BCUT2D eigenvalue weighted by molar-refractivity contribution is -0.149. The summed E-state index contributed by atoms with van der Waals surface area (Å²) in [7, 11) is 0. The van der Waals surface area contributed by atoms with Crippen molar-refractivity contribution in [3.8, 4) is 0 Å². The van der Waals surface area contributed by atoms with Crippen molar-refractivity contribution in [2.24, 2.45) is 11.3 Å². The fourth-order valence-corrected chi connectivity index (χ4v) is 2.02. The molecule has 17 heavy (non-hydrogen) atoms. The van der Waals surface area contributed by atoms with E-state index in [-0.39, 0.29) is 18.4 Å². The van der Waals surface area contributed by atoms with Crippen molar-refractivity contribution in [3.63, 3.8) is 0 Å². The number of hydrogen-bond acceptors (Lipinski definition) is 3. The van der Waals surface area contributed by atoms with Crippen LogP contribution < -0.4 is 5.32 Å². The van der Waals surface area contributed by atoms with Gasteiger partial charge in [-0.1, -0.05) is 13.8 Å². The molecule has 0 aliphatic carbocycles. The molecule has 1 fully saturated rings. The molecule has 0 saturated carbocycles. The minimum Gasteiger partial charge on any atom is -0.481 e. The molecule has 1 aliphatic rings. The van der Waals surface area contributed by atoms with Gasteiger partial charge in [-0.15, -0.1) is 0 Å². The third-order valence-electron chi connectivity index (χ3n) is 3.71. The zero-order chi connectivity index (χ0) is 12.9. The Bertz CT molecular complexity index is 280. The quantitative estimate of drug-likeness (QED) is 0.730. The van der Waals surface area contributed by atoms with E-state index >= 15 is 0 Å². The molecule has 1 amide bonds. The number of nitrogens with one attached hydrogen (secondary N) is 1. The third kappa shape index (κ3) is 3.19. The number of carbonyl (C=O) groups is 2. The Hall–Kier alpha value is -1.10. The van der Waals surface area contributed by atoms with Gasteiger partial charge in [-0.05, 0) is 19.3 Å². The molecule has 1 heterocycles. The molecule has 1 saturated heterocycles. The topological polar surface area (TPSA) is 75.6 Å². The smallest absolute Gasteiger partial charge is 0.311 e. The van der Waals surface area contributed by atoms with Gasteiger partial charge >= 0.3 is 5.97 Å². The summed E-state index contributed by atoms with van der Waals surface area (Å²) in [4.78, 5) is 23.0. The molecule has 1 aliphatic heterocycles. The average molecular weight is 243 g/mol. The lowest BCUT2D eigenvalue weighted by Gasteiger charge is -2.27. The molecule has 0 radical (unpaired) electrons. The molecule has 0 aromatic heterocycles. The molecule has 2 N–H and O–H groups in total. The van der Waals surface area contributed by atoms with Crippen LogP contribution in [0.2, 0.25) is 0 Å². The lowest BCUT2D eigenvalue weighted by Crippen LogP contribution is -2.44. The van der Waals surface area contributed by atoms with E-state index in [9.17, 15) is 14.7 Å². The van der Waals surface area contributed by atoms with E-state index in [0.29, 0.717) is 26.1 Å². The van der Waals surface area contributed by atoms with Gasteiger partial charge in [0.25, 0.3) is 0 Å². The highest BCUT2D eigenvalue weighted by atomic mass is 16.5. The van der Waals surface area contributed by atoms with Gasteiger partial charge in [0.05, 0.1) is 17.9 Å². The normalized spacial score (nSPS) is 20.2. The Kier molecular flexibility index (Phi) is 4.93. The van der Waals surface area contributed by atoms with Crippen LogP contribution in [-0.2, 0) is 14.3 Å². The molecular formula is C12H21NO4. The fraction of sp³-hybridized carbons (Fsp3) is 0.833. The minimum atomic E-state index is -0.842. The van der Waals surface area contributed by atoms with Gasteiger partial charge in [0, 0.05) is 13.2 Å². The van der Waals surface area contributed by atoms with Gasteiger partial charge in [0.1, 0.15) is 0 Å². The molecular weight excluding hydrogens is 222 g/mol. The van der Waals surface area contributed by atoms with E-state index in [4.69, 9.17) is 4.74 Å². The largest absolute Gasteiger partial charge is 0.481 e. The van der Waals surface area contributed by atoms with Gasteiger partial charge in [0.15, 0.2) is 0 Å². The van der Waals surface area contributed by atoms with Crippen LogP contribution >= 0.6 is 0 Å². The van der Waals surface area contributed by atoms with Gasteiger partial charge in [-0.25, -0.2) is 0 Å². The number of carboxylic acids is 1. The fourth-order valence-electron chi connectivity index (χ4n) is 2.02. The first kappa shape index (κ1) is 14.0. The van der Waals surface area contributed by atoms with Crippen LogP contribution in [0, 0.1) is 11.3 Å². The van der Waals surface area contributed by atoms with E-state index in [1.807, 2.05) is 13.8 Å². The minimum absolute atomic E-state index is 0.0879. The monoisotopic (exact) mass is 243 g/mol. The van der Waals surface area contributed by atoms with E-state index in [0.717, 1.165) is 6.42 Å². The number of carbonyl (C=O) groups excluding carboxylic acids is 1. The maximum Gasteiger partial charge on any atom is 0.311 e. The summed E-state index contributed by atoms with van der Waals surface area (Å²) in [6.45, 7) is 4.93.